The fraction of sp³-hybridized carbons (Fsp3) is 0.474. The van der Waals surface area contributed by atoms with Gasteiger partial charge in [-0.25, -0.2) is 4.79 Å². The molecule has 0 unspecified atom stereocenters. The summed E-state index contributed by atoms with van der Waals surface area (Å²) in [6, 6.07) is 7.74. The SMILES string of the molecule is CCCCCCCOc1ccccc1Cc1c(C)[nH]c(=O)[nH]c1=O. The lowest BCUT2D eigenvalue weighted by Gasteiger charge is -2.12. The number of benzene rings is 1. The first-order valence-corrected chi connectivity index (χ1v) is 8.64. The highest BCUT2D eigenvalue weighted by Crippen LogP contribution is 2.21. The third kappa shape index (κ3) is 5.11. The van der Waals surface area contributed by atoms with Crippen LogP contribution in [0.3, 0.4) is 0 Å². The normalized spacial score (nSPS) is 10.8. The molecule has 0 spiro atoms. The Morgan fingerprint density at radius 3 is 2.50 bits per heavy atom. The molecule has 0 atom stereocenters. The Morgan fingerprint density at radius 2 is 1.75 bits per heavy atom. The molecule has 2 aromatic rings. The van der Waals surface area contributed by atoms with E-state index < -0.39 is 5.69 Å². The number of para-hydroxylation sites is 1. The molecule has 0 saturated heterocycles. The van der Waals surface area contributed by atoms with Crippen molar-refractivity contribution in [3.05, 3.63) is 61.9 Å². The van der Waals surface area contributed by atoms with Crippen molar-refractivity contribution in [2.75, 3.05) is 6.61 Å². The van der Waals surface area contributed by atoms with Crippen molar-refractivity contribution in [3.63, 3.8) is 0 Å². The minimum atomic E-state index is -0.474. The number of H-pyrrole nitrogens is 2. The molecule has 5 nitrogen and oxygen atoms in total. The Hall–Kier alpha value is -2.30. The molecular weight excluding hydrogens is 304 g/mol. The number of unbranched alkanes of at least 4 members (excludes halogenated alkanes) is 4. The number of aryl methyl sites for hydroxylation is 1. The minimum absolute atomic E-state index is 0.342. The molecule has 0 bridgehead atoms. The van der Waals surface area contributed by atoms with E-state index in [1.165, 1.54) is 25.7 Å². The number of rotatable bonds is 9. The number of aromatic nitrogens is 2. The Kier molecular flexibility index (Phi) is 6.85. The fourth-order valence-corrected chi connectivity index (χ4v) is 2.71. The number of ether oxygens (including phenoxy) is 1. The molecule has 2 rings (SSSR count). The van der Waals surface area contributed by atoms with Gasteiger partial charge >= 0.3 is 5.69 Å². The summed E-state index contributed by atoms with van der Waals surface area (Å²) in [5, 5.41) is 0. The summed E-state index contributed by atoms with van der Waals surface area (Å²) < 4.78 is 5.91. The smallest absolute Gasteiger partial charge is 0.325 e. The van der Waals surface area contributed by atoms with Crippen LogP contribution in [-0.4, -0.2) is 16.6 Å². The number of hydrogen-bond donors (Lipinski definition) is 2. The van der Waals surface area contributed by atoms with E-state index in [2.05, 4.69) is 16.9 Å². The van der Waals surface area contributed by atoms with E-state index in [-0.39, 0.29) is 5.56 Å². The van der Waals surface area contributed by atoms with Crippen LogP contribution in [0.5, 0.6) is 5.75 Å². The summed E-state index contributed by atoms with van der Waals surface area (Å²) in [5.41, 5.74) is 1.29. The van der Waals surface area contributed by atoms with Crippen LogP contribution in [0, 0.1) is 6.92 Å². The zero-order valence-electron chi connectivity index (χ0n) is 14.5. The van der Waals surface area contributed by atoms with E-state index in [4.69, 9.17) is 4.74 Å². The molecule has 0 aliphatic heterocycles. The van der Waals surface area contributed by atoms with Crippen molar-refractivity contribution in [2.45, 2.75) is 52.4 Å². The van der Waals surface area contributed by atoms with E-state index in [0.717, 1.165) is 17.7 Å². The van der Waals surface area contributed by atoms with Crippen LogP contribution >= 0.6 is 0 Å². The molecule has 0 amide bonds. The summed E-state index contributed by atoms with van der Waals surface area (Å²) in [6.07, 6.45) is 6.39. The van der Waals surface area contributed by atoms with Gasteiger partial charge in [0.05, 0.1) is 6.61 Å². The van der Waals surface area contributed by atoms with E-state index in [0.29, 0.717) is 24.3 Å². The zero-order chi connectivity index (χ0) is 17.4. The Morgan fingerprint density at radius 1 is 1.00 bits per heavy atom. The Labute approximate surface area is 142 Å². The van der Waals surface area contributed by atoms with Crippen LogP contribution in [-0.2, 0) is 6.42 Å². The molecule has 1 heterocycles. The van der Waals surface area contributed by atoms with Crippen molar-refractivity contribution in [1.82, 2.24) is 9.97 Å². The van der Waals surface area contributed by atoms with Crippen molar-refractivity contribution in [2.24, 2.45) is 0 Å². The molecule has 1 aromatic heterocycles. The minimum Gasteiger partial charge on any atom is -0.493 e. The maximum absolute atomic E-state index is 12.0. The Balaban J connectivity index is 2.04. The highest BCUT2D eigenvalue weighted by atomic mass is 16.5. The number of aromatic amines is 2. The molecule has 24 heavy (non-hydrogen) atoms. The molecule has 0 fully saturated rings. The molecule has 2 N–H and O–H groups in total. The van der Waals surface area contributed by atoms with Crippen LogP contribution < -0.4 is 16.0 Å². The summed E-state index contributed by atoms with van der Waals surface area (Å²) in [4.78, 5) is 28.2. The Bertz CT molecular complexity index is 762. The van der Waals surface area contributed by atoms with Crippen molar-refractivity contribution < 1.29 is 4.74 Å². The lowest BCUT2D eigenvalue weighted by atomic mass is 10.0. The van der Waals surface area contributed by atoms with Crippen LogP contribution in [0.15, 0.2) is 33.9 Å². The third-order valence-electron chi connectivity index (χ3n) is 4.10. The molecule has 0 radical (unpaired) electrons. The molecule has 0 aliphatic rings. The lowest BCUT2D eigenvalue weighted by Crippen LogP contribution is -2.27. The standard InChI is InChI=1S/C19H26N2O3/c1-3-4-5-6-9-12-24-17-11-8-7-10-15(17)13-16-14(2)20-19(23)21-18(16)22/h7-8,10-11H,3-6,9,12-13H2,1-2H3,(H2,20,21,22,23). The first kappa shape index (κ1) is 18.0. The lowest BCUT2D eigenvalue weighted by molar-refractivity contribution is 0.302. The summed E-state index contributed by atoms with van der Waals surface area (Å²) in [6.45, 7) is 4.62. The maximum atomic E-state index is 12.0. The average Bonchev–Trinajstić information content (AvgIpc) is 2.55. The van der Waals surface area contributed by atoms with Gasteiger partial charge in [0.2, 0.25) is 0 Å². The summed E-state index contributed by atoms with van der Waals surface area (Å²) in [7, 11) is 0. The van der Waals surface area contributed by atoms with Gasteiger partial charge in [-0.1, -0.05) is 50.8 Å². The van der Waals surface area contributed by atoms with Gasteiger partial charge < -0.3 is 9.72 Å². The predicted octanol–water partition coefficient (Wildman–Crippen LogP) is 3.31. The van der Waals surface area contributed by atoms with E-state index in [1.54, 1.807) is 6.92 Å². The maximum Gasteiger partial charge on any atom is 0.325 e. The molecule has 130 valence electrons. The average molecular weight is 330 g/mol. The molecule has 0 saturated carbocycles. The number of hydrogen-bond acceptors (Lipinski definition) is 3. The monoisotopic (exact) mass is 330 g/mol. The summed E-state index contributed by atoms with van der Waals surface area (Å²) >= 11 is 0. The van der Waals surface area contributed by atoms with Gasteiger partial charge in [-0.05, 0) is 25.0 Å². The quantitative estimate of drug-likeness (QED) is 0.693. The largest absolute Gasteiger partial charge is 0.493 e. The number of nitrogens with one attached hydrogen (secondary N) is 2. The molecule has 1 aromatic carbocycles. The first-order chi connectivity index (χ1) is 11.6. The second-order valence-corrected chi connectivity index (χ2v) is 6.06. The van der Waals surface area contributed by atoms with Gasteiger partial charge in [-0.15, -0.1) is 0 Å². The van der Waals surface area contributed by atoms with Crippen molar-refractivity contribution in [3.8, 4) is 5.75 Å². The fourth-order valence-electron chi connectivity index (χ4n) is 2.71. The first-order valence-electron chi connectivity index (χ1n) is 8.64. The molecule has 0 aliphatic carbocycles. The highest BCUT2D eigenvalue weighted by molar-refractivity contribution is 5.37. The van der Waals surface area contributed by atoms with Crippen molar-refractivity contribution >= 4 is 0 Å². The summed E-state index contributed by atoms with van der Waals surface area (Å²) in [5.74, 6) is 0.804. The van der Waals surface area contributed by atoms with E-state index >= 15 is 0 Å². The van der Waals surface area contributed by atoms with Crippen LogP contribution in [0.2, 0.25) is 0 Å². The van der Waals surface area contributed by atoms with Gasteiger partial charge in [0, 0.05) is 17.7 Å². The van der Waals surface area contributed by atoms with Crippen LogP contribution in [0.25, 0.3) is 0 Å². The van der Waals surface area contributed by atoms with Crippen molar-refractivity contribution in [1.29, 1.82) is 0 Å². The second-order valence-electron chi connectivity index (χ2n) is 6.06. The zero-order valence-corrected chi connectivity index (χ0v) is 14.5. The highest BCUT2D eigenvalue weighted by Gasteiger charge is 2.10. The van der Waals surface area contributed by atoms with Crippen LogP contribution in [0.1, 0.15) is 55.8 Å². The van der Waals surface area contributed by atoms with E-state index in [1.807, 2.05) is 24.3 Å². The van der Waals surface area contributed by atoms with Gasteiger partial charge in [-0.3, -0.25) is 9.78 Å². The molecular formula is C19H26N2O3. The van der Waals surface area contributed by atoms with E-state index in [9.17, 15) is 9.59 Å². The topological polar surface area (TPSA) is 75.0 Å². The van der Waals surface area contributed by atoms with Gasteiger partial charge in [0.1, 0.15) is 5.75 Å². The predicted molar refractivity (Wildman–Crippen MR) is 95.9 cm³/mol. The van der Waals surface area contributed by atoms with Gasteiger partial charge in [0.15, 0.2) is 0 Å². The van der Waals surface area contributed by atoms with Gasteiger partial charge in [-0.2, -0.15) is 0 Å². The molecule has 5 heteroatoms. The third-order valence-corrected chi connectivity index (χ3v) is 4.10. The van der Waals surface area contributed by atoms with Gasteiger partial charge in [0.25, 0.3) is 5.56 Å². The second kappa shape index (κ2) is 9.11. The van der Waals surface area contributed by atoms with Crippen LogP contribution in [0.4, 0.5) is 0 Å².